The molecule has 0 fully saturated rings. The number of ether oxygens (including phenoxy) is 1. The van der Waals surface area contributed by atoms with Gasteiger partial charge in [-0.15, -0.1) is 0 Å². The average Bonchev–Trinajstić information content (AvgIpc) is 3.35. The van der Waals surface area contributed by atoms with Crippen molar-refractivity contribution in [2.24, 2.45) is 5.73 Å². The van der Waals surface area contributed by atoms with Crippen LogP contribution in [0.4, 0.5) is 0 Å². The number of aliphatic carboxylic acids is 1. The summed E-state index contributed by atoms with van der Waals surface area (Å²) in [7, 11) is 0. The van der Waals surface area contributed by atoms with Crippen LogP contribution in [-0.4, -0.2) is 20.6 Å². The van der Waals surface area contributed by atoms with Gasteiger partial charge in [-0.3, -0.25) is 4.79 Å². The number of nitrogens with two attached hydrogens (primary N) is 1. The van der Waals surface area contributed by atoms with Crippen molar-refractivity contribution >= 4 is 16.9 Å². The monoisotopic (exact) mass is 377 g/mol. The molecule has 0 unspecified atom stereocenters. The number of rotatable bonds is 7. The molecule has 0 bridgehead atoms. The van der Waals surface area contributed by atoms with Crippen LogP contribution in [-0.2, 0) is 24.4 Å². The quantitative estimate of drug-likeness (QED) is 0.512. The summed E-state index contributed by atoms with van der Waals surface area (Å²) < 4.78 is 13.4. The molecule has 142 valence electrons. The summed E-state index contributed by atoms with van der Waals surface area (Å²) in [6.45, 7) is 0.653. The van der Waals surface area contributed by atoms with E-state index >= 15 is 0 Å². The van der Waals surface area contributed by atoms with E-state index in [0.29, 0.717) is 24.5 Å². The van der Waals surface area contributed by atoms with Crippen molar-refractivity contribution in [3.8, 4) is 11.4 Å². The standard InChI is InChI=1S/C21H19N3O4/c22-10-17-11-24(13-23-17)18-8-14(7-16-5-6-27-21(16)18)12-28-19-4-2-1-3-15(19)9-20(25)26/h1-8,11,13H,9-10,12,22H2,(H,25,26). The molecule has 0 aliphatic rings. The van der Waals surface area contributed by atoms with Crippen molar-refractivity contribution in [3.63, 3.8) is 0 Å². The smallest absolute Gasteiger partial charge is 0.307 e. The molecule has 0 atom stereocenters. The predicted octanol–water partition coefficient (Wildman–Crippen LogP) is 3.28. The van der Waals surface area contributed by atoms with Crippen molar-refractivity contribution in [1.29, 1.82) is 0 Å². The Kier molecular flexibility index (Phi) is 4.82. The molecule has 4 aromatic rings. The average molecular weight is 377 g/mol. The third-order valence-electron chi connectivity index (χ3n) is 4.42. The third-order valence-corrected chi connectivity index (χ3v) is 4.42. The summed E-state index contributed by atoms with van der Waals surface area (Å²) in [4.78, 5) is 15.3. The van der Waals surface area contributed by atoms with Gasteiger partial charge in [0.15, 0.2) is 5.58 Å². The number of carbonyl (C=O) groups is 1. The van der Waals surface area contributed by atoms with Gasteiger partial charge in [-0.25, -0.2) is 4.98 Å². The highest BCUT2D eigenvalue weighted by molar-refractivity contribution is 5.86. The van der Waals surface area contributed by atoms with Crippen LogP contribution in [0.3, 0.4) is 0 Å². The third kappa shape index (κ3) is 3.60. The van der Waals surface area contributed by atoms with Crippen LogP contribution in [0.2, 0.25) is 0 Å². The van der Waals surface area contributed by atoms with Gasteiger partial charge in [0.1, 0.15) is 12.4 Å². The van der Waals surface area contributed by atoms with E-state index < -0.39 is 5.97 Å². The van der Waals surface area contributed by atoms with Crippen molar-refractivity contribution in [1.82, 2.24) is 9.55 Å². The van der Waals surface area contributed by atoms with Gasteiger partial charge in [-0.2, -0.15) is 0 Å². The first-order valence-electron chi connectivity index (χ1n) is 8.80. The molecule has 2 heterocycles. The zero-order chi connectivity index (χ0) is 19.5. The van der Waals surface area contributed by atoms with E-state index in [1.165, 1.54) is 0 Å². The molecule has 0 aliphatic carbocycles. The Morgan fingerprint density at radius 3 is 2.89 bits per heavy atom. The Balaban J connectivity index is 1.64. The Morgan fingerprint density at radius 1 is 1.25 bits per heavy atom. The molecule has 2 aromatic carbocycles. The number of carboxylic acids is 1. The van der Waals surface area contributed by atoms with Crippen LogP contribution < -0.4 is 10.5 Å². The maximum absolute atomic E-state index is 11.1. The number of hydrogen-bond donors (Lipinski definition) is 2. The minimum atomic E-state index is -0.894. The Hall–Kier alpha value is -3.58. The molecule has 0 spiro atoms. The summed E-state index contributed by atoms with van der Waals surface area (Å²) in [5, 5.41) is 10.0. The second kappa shape index (κ2) is 7.58. The number of furan rings is 1. The van der Waals surface area contributed by atoms with Gasteiger partial charge in [-0.05, 0) is 29.8 Å². The minimum absolute atomic E-state index is 0.0842. The predicted molar refractivity (Wildman–Crippen MR) is 103 cm³/mol. The molecule has 0 saturated heterocycles. The highest BCUT2D eigenvalue weighted by Gasteiger charge is 2.12. The van der Waals surface area contributed by atoms with Crippen molar-refractivity contribution < 1.29 is 19.1 Å². The number of para-hydroxylation sites is 1. The van der Waals surface area contributed by atoms with Crippen LogP contribution in [0, 0.1) is 0 Å². The lowest BCUT2D eigenvalue weighted by molar-refractivity contribution is -0.136. The fraction of sp³-hybridized carbons (Fsp3) is 0.143. The fourth-order valence-corrected chi connectivity index (χ4v) is 3.11. The van der Waals surface area contributed by atoms with Crippen molar-refractivity contribution in [3.05, 3.63) is 78.1 Å². The van der Waals surface area contributed by atoms with Gasteiger partial charge >= 0.3 is 5.97 Å². The highest BCUT2D eigenvalue weighted by Crippen LogP contribution is 2.27. The maximum Gasteiger partial charge on any atom is 0.307 e. The lowest BCUT2D eigenvalue weighted by atomic mass is 10.1. The topological polar surface area (TPSA) is 104 Å². The summed E-state index contributed by atoms with van der Waals surface area (Å²) in [5.41, 5.74) is 9.60. The molecular formula is C21H19N3O4. The number of benzene rings is 2. The lowest BCUT2D eigenvalue weighted by Crippen LogP contribution is -2.04. The summed E-state index contributed by atoms with van der Waals surface area (Å²) in [5.74, 6) is -0.333. The lowest BCUT2D eigenvalue weighted by Gasteiger charge is -2.12. The number of nitrogens with zero attached hydrogens (tertiary/aromatic N) is 2. The number of aromatic nitrogens is 2. The first-order chi connectivity index (χ1) is 13.6. The molecule has 28 heavy (non-hydrogen) atoms. The zero-order valence-electron chi connectivity index (χ0n) is 15.0. The molecule has 2 aromatic heterocycles. The molecule has 7 heteroatoms. The molecular weight excluding hydrogens is 358 g/mol. The molecule has 4 rings (SSSR count). The van der Waals surface area contributed by atoms with Crippen molar-refractivity contribution in [2.45, 2.75) is 19.6 Å². The van der Waals surface area contributed by atoms with Crippen LogP contribution in [0.25, 0.3) is 16.7 Å². The van der Waals surface area contributed by atoms with Gasteiger partial charge in [0.25, 0.3) is 0 Å². The highest BCUT2D eigenvalue weighted by atomic mass is 16.5. The van der Waals surface area contributed by atoms with Crippen LogP contribution in [0.15, 0.2) is 65.7 Å². The van der Waals surface area contributed by atoms with E-state index in [9.17, 15) is 4.79 Å². The molecule has 0 amide bonds. The maximum atomic E-state index is 11.1. The number of imidazole rings is 1. The molecule has 0 aliphatic heterocycles. The first-order valence-corrected chi connectivity index (χ1v) is 8.80. The van der Waals surface area contributed by atoms with Gasteiger partial charge < -0.3 is 24.6 Å². The second-order valence-electron chi connectivity index (χ2n) is 6.40. The van der Waals surface area contributed by atoms with E-state index in [2.05, 4.69) is 4.98 Å². The van der Waals surface area contributed by atoms with Gasteiger partial charge in [-0.1, -0.05) is 18.2 Å². The number of fused-ring (bicyclic) bond motifs is 1. The Labute approximate surface area is 161 Å². The van der Waals surface area contributed by atoms with Crippen LogP contribution >= 0.6 is 0 Å². The van der Waals surface area contributed by atoms with E-state index in [-0.39, 0.29) is 6.42 Å². The van der Waals surface area contributed by atoms with Gasteiger partial charge in [0.2, 0.25) is 0 Å². The van der Waals surface area contributed by atoms with Gasteiger partial charge in [0.05, 0.1) is 30.4 Å². The molecule has 7 nitrogen and oxygen atoms in total. The normalized spacial score (nSPS) is 11.0. The summed E-state index contributed by atoms with van der Waals surface area (Å²) in [6.07, 6.45) is 5.12. The van der Waals surface area contributed by atoms with Crippen LogP contribution in [0.1, 0.15) is 16.8 Å². The van der Waals surface area contributed by atoms with E-state index in [0.717, 1.165) is 27.9 Å². The summed E-state index contributed by atoms with van der Waals surface area (Å²) in [6, 6.07) is 13.0. The van der Waals surface area contributed by atoms with E-state index in [1.54, 1.807) is 30.8 Å². The minimum Gasteiger partial charge on any atom is -0.489 e. The Morgan fingerprint density at radius 2 is 2.11 bits per heavy atom. The van der Waals surface area contributed by atoms with Gasteiger partial charge in [0, 0.05) is 23.7 Å². The molecule has 0 radical (unpaired) electrons. The Bertz CT molecular complexity index is 1130. The van der Waals surface area contributed by atoms with Crippen molar-refractivity contribution in [2.75, 3.05) is 0 Å². The number of carboxylic acid groups (broad SMARTS) is 1. The van der Waals surface area contributed by atoms with Crippen LogP contribution in [0.5, 0.6) is 5.75 Å². The largest absolute Gasteiger partial charge is 0.489 e. The summed E-state index contributed by atoms with van der Waals surface area (Å²) >= 11 is 0. The first kappa shape index (κ1) is 17.8. The molecule has 0 saturated carbocycles. The molecule has 3 N–H and O–H groups in total. The SMILES string of the molecule is NCc1cn(-c2cc(COc3ccccc3CC(=O)O)cc3ccoc23)cn1. The second-order valence-corrected chi connectivity index (χ2v) is 6.40. The van der Waals surface area contributed by atoms with E-state index in [4.69, 9.17) is 20.0 Å². The number of hydrogen-bond acceptors (Lipinski definition) is 5. The van der Waals surface area contributed by atoms with E-state index in [1.807, 2.05) is 35.0 Å². The zero-order valence-corrected chi connectivity index (χ0v) is 15.0. The fourth-order valence-electron chi connectivity index (χ4n) is 3.11.